The highest BCUT2D eigenvalue weighted by molar-refractivity contribution is 5.98. The summed E-state index contributed by atoms with van der Waals surface area (Å²) in [5.74, 6) is 0.480. The predicted octanol–water partition coefficient (Wildman–Crippen LogP) is 4.02. The number of benzene rings is 3. The highest BCUT2D eigenvalue weighted by Crippen LogP contribution is 2.15. The SMILES string of the molecule is COc1cccc(CNCC(=O)[C@H](Cc2ccccc2)N(NC(C)C)C(=O)c2ccccc2)c1. The van der Waals surface area contributed by atoms with E-state index >= 15 is 0 Å². The number of carbonyl (C=O) groups excluding carboxylic acids is 2. The van der Waals surface area contributed by atoms with Gasteiger partial charge in [0.25, 0.3) is 5.91 Å². The minimum absolute atomic E-state index is 0.0246. The Bertz CT molecular complexity index is 1050. The summed E-state index contributed by atoms with van der Waals surface area (Å²) >= 11 is 0. The number of ether oxygens (including phenoxy) is 1. The van der Waals surface area contributed by atoms with Crippen molar-refractivity contribution in [2.45, 2.75) is 38.9 Å². The molecule has 178 valence electrons. The van der Waals surface area contributed by atoms with Gasteiger partial charge in [-0.05, 0) is 49.2 Å². The zero-order chi connectivity index (χ0) is 24.3. The molecular formula is C28H33N3O3. The fourth-order valence-corrected chi connectivity index (χ4v) is 3.70. The average molecular weight is 460 g/mol. The maximum Gasteiger partial charge on any atom is 0.268 e. The average Bonchev–Trinajstić information content (AvgIpc) is 2.86. The number of carbonyl (C=O) groups is 2. The van der Waals surface area contributed by atoms with Crippen molar-refractivity contribution < 1.29 is 14.3 Å². The molecule has 0 aromatic heterocycles. The van der Waals surface area contributed by atoms with Gasteiger partial charge in [0, 0.05) is 24.6 Å². The van der Waals surface area contributed by atoms with Crippen LogP contribution in [-0.4, -0.2) is 42.4 Å². The smallest absolute Gasteiger partial charge is 0.268 e. The zero-order valence-corrected chi connectivity index (χ0v) is 20.0. The number of methoxy groups -OCH3 is 1. The molecule has 0 saturated carbocycles. The molecule has 3 aromatic rings. The van der Waals surface area contributed by atoms with Gasteiger partial charge in [-0.3, -0.25) is 14.6 Å². The van der Waals surface area contributed by atoms with Gasteiger partial charge >= 0.3 is 0 Å². The highest BCUT2D eigenvalue weighted by atomic mass is 16.5. The van der Waals surface area contributed by atoms with Crippen molar-refractivity contribution in [3.05, 3.63) is 102 Å². The lowest BCUT2D eigenvalue weighted by Crippen LogP contribution is -2.57. The van der Waals surface area contributed by atoms with Crippen molar-refractivity contribution in [1.29, 1.82) is 0 Å². The summed E-state index contributed by atoms with van der Waals surface area (Å²) in [6.07, 6.45) is 0.415. The first-order chi connectivity index (χ1) is 16.5. The number of nitrogens with one attached hydrogen (secondary N) is 2. The molecule has 0 aliphatic heterocycles. The number of ketones is 1. The number of rotatable bonds is 12. The molecule has 2 N–H and O–H groups in total. The molecule has 0 spiro atoms. The van der Waals surface area contributed by atoms with Crippen molar-refractivity contribution in [2.24, 2.45) is 0 Å². The van der Waals surface area contributed by atoms with Crippen LogP contribution in [0.4, 0.5) is 0 Å². The molecule has 3 rings (SSSR count). The third-order valence-electron chi connectivity index (χ3n) is 5.35. The molecule has 0 saturated heterocycles. The van der Waals surface area contributed by atoms with E-state index in [1.807, 2.05) is 86.6 Å². The van der Waals surface area contributed by atoms with Gasteiger partial charge in [-0.2, -0.15) is 0 Å². The van der Waals surface area contributed by atoms with Crippen LogP contribution in [0, 0.1) is 0 Å². The fourth-order valence-electron chi connectivity index (χ4n) is 3.70. The maximum absolute atomic E-state index is 13.5. The Morgan fingerprint density at radius 3 is 2.18 bits per heavy atom. The molecule has 34 heavy (non-hydrogen) atoms. The molecule has 6 heteroatoms. The van der Waals surface area contributed by atoms with Crippen LogP contribution >= 0.6 is 0 Å². The topological polar surface area (TPSA) is 70.7 Å². The largest absolute Gasteiger partial charge is 0.497 e. The second-order valence-corrected chi connectivity index (χ2v) is 8.45. The second kappa shape index (κ2) is 12.7. The summed E-state index contributed by atoms with van der Waals surface area (Å²) in [7, 11) is 1.63. The number of Topliss-reactive ketones (excluding diaryl/α,β-unsaturated/α-hetero) is 1. The Hall–Kier alpha value is -3.48. The Morgan fingerprint density at radius 2 is 1.53 bits per heavy atom. The molecular weight excluding hydrogens is 426 g/mol. The standard InChI is InChI=1S/C28H33N3O3/c1-21(2)30-31(28(33)24-14-8-5-9-15-24)26(18-22-11-6-4-7-12-22)27(32)20-29-19-23-13-10-16-25(17-23)34-3/h4-17,21,26,29-30H,18-20H2,1-3H3/t26-/m0/s1. The van der Waals surface area contributed by atoms with Crippen molar-refractivity contribution in [3.8, 4) is 5.75 Å². The summed E-state index contributed by atoms with van der Waals surface area (Å²) in [5.41, 5.74) is 5.76. The van der Waals surface area contributed by atoms with Gasteiger partial charge in [-0.15, -0.1) is 0 Å². The molecule has 0 aliphatic rings. The Balaban J connectivity index is 1.81. The Morgan fingerprint density at radius 1 is 0.882 bits per heavy atom. The van der Waals surface area contributed by atoms with E-state index in [0.717, 1.165) is 16.9 Å². The van der Waals surface area contributed by atoms with E-state index in [0.29, 0.717) is 18.5 Å². The summed E-state index contributed by atoms with van der Waals surface area (Å²) in [6.45, 7) is 4.56. The van der Waals surface area contributed by atoms with Crippen LogP contribution in [0.25, 0.3) is 0 Å². The van der Waals surface area contributed by atoms with Crippen molar-refractivity contribution in [1.82, 2.24) is 15.8 Å². The van der Waals surface area contributed by atoms with Crippen LogP contribution in [0.3, 0.4) is 0 Å². The van der Waals surface area contributed by atoms with Gasteiger partial charge in [-0.1, -0.05) is 60.7 Å². The first kappa shape index (κ1) is 25.1. The number of amides is 1. The van der Waals surface area contributed by atoms with Crippen molar-refractivity contribution >= 4 is 11.7 Å². The quantitative estimate of drug-likeness (QED) is 0.401. The van der Waals surface area contributed by atoms with E-state index < -0.39 is 6.04 Å². The van der Waals surface area contributed by atoms with E-state index in [1.54, 1.807) is 19.2 Å². The van der Waals surface area contributed by atoms with Crippen LogP contribution in [0.2, 0.25) is 0 Å². The molecule has 0 bridgehead atoms. The highest BCUT2D eigenvalue weighted by Gasteiger charge is 2.31. The first-order valence-electron chi connectivity index (χ1n) is 11.5. The Labute approximate surface area is 201 Å². The van der Waals surface area contributed by atoms with Crippen molar-refractivity contribution in [2.75, 3.05) is 13.7 Å². The number of hydrazine groups is 1. The lowest BCUT2D eigenvalue weighted by molar-refractivity contribution is -0.123. The summed E-state index contributed by atoms with van der Waals surface area (Å²) in [5, 5.41) is 4.74. The summed E-state index contributed by atoms with van der Waals surface area (Å²) in [6, 6.07) is 25.8. The van der Waals surface area contributed by atoms with Gasteiger partial charge < -0.3 is 10.1 Å². The summed E-state index contributed by atoms with van der Waals surface area (Å²) in [4.78, 5) is 27.0. The minimum Gasteiger partial charge on any atom is -0.497 e. The van der Waals surface area contributed by atoms with E-state index in [4.69, 9.17) is 4.74 Å². The lowest BCUT2D eigenvalue weighted by atomic mass is 10.0. The molecule has 0 unspecified atom stereocenters. The molecule has 1 atom stereocenters. The van der Waals surface area contributed by atoms with Gasteiger partial charge in [0.15, 0.2) is 5.78 Å². The van der Waals surface area contributed by atoms with Gasteiger partial charge in [0.05, 0.1) is 13.7 Å². The molecule has 1 amide bonds. The summed E-state index contributed by atoms with van der Waals surface area (Å²) < 4.78 is 5.28. The molecule has 0 radical (unpaired) electrons. The third-order valence-corrected chi connectivity index (χ3v) is 5.35. The van der Waals surface area contributed by atoms with Gasteiger partial charge in [-0.25, -0.2) is 5.43 Å². The van der Waals surface area contributed by atoms with Crippen LogP contribution in [0.1, 0.15) is 35.3 Å². The number of hydrogen-bond acceptors (Lipinski definition) is 5. The number of hydrogen-bond donors (Lipinski definition) is 2. The molecule has 0 fully saturated rings. The minimum atomic E-state index is -0.671. The second-order valence-electron chi connectivity index (χ2n) is 8.45. The van der Waals surface area contributed by atoms with Crippen LogP contribution in [0.5, 0.6) is 5.75 Å². The van der Waals surface area contributed by atoms with Crippen molar-refractivity contribution in [3.63, 3.8) is 0 Å². The third kappa shape index (κ3) is 7.27. The zero-order valence-electron chi connectivity index (χ0n) is 20.0. The molecule has 6 nitrogen and oxygen atoms in total. The molecule has 0 aliphatic carbocycles. The number of nitrogens with zero attached hydrogens (tertiary/aromatic N) is 1. The predicted molar refractivity (Wildman–Crippen MR) is 135 cm³/mol. The van der Waals surface area contributed by atoms with Gasteiger partial charge in [0.2, 0.25) is 0 Å². The van der Waals surface area contributed by atoms with Crippen LogP contribution < -0.4 is 15.5 Å². The first-order valence-corrected chi connectivity index (χ1v) is 11.5. The lowest BCUT2D eigenvalue weighted by Gasteiger charge is -2.33. The normalized spacial score (nSPS) is 11.8. The van der Waals surface area contributed by atoms with E-state index in [2.05, 4.69) is 10.7 Å². The van der Waals surface area contributed by atoms with E-state index in [-0.39, 0.29) is 24.3 Å². The Kier molecular flexibility index (Phi) is 9.38. The van der Waals surface area contributed by atoms with E-state index in [9.17, 15) is 9.59 Å². The molecule has 3 aromatic carbocycles. The van der Waals surface area contributed by atoms with E-state index in [1.165, 1.54) is 5.01 Å². The van der Waals surface area contributed by atoms with Gasteiger partial charge in [0.1, 0.15) is 11.8 Å². The van der Waals surface area contributed by atoms with Crippen LogP contribution in [-0.2, 0) is 17.8 Å². The maximum atomic E-state index is 13.5. The van der Waals surface area contributed by atoms with Crippen LogP contribution in [0.15, 0.2) is 84.9 Å². The molecule has 0 heterocycles. The fraction of sp³-hybridized carbons (Fsp3) is 0.286. The monoisotopic (exact) mass is 459 g/mol.